The Labute approximate surface area is 86.5 Å². The van der Waals surface area contributed by atoms with E-state index < -0.39 is 12.0 Å². The second-order valence-corrected chi connectivity index (χ2v) is 3.08. The highest BCUT2D eigenvalue weighted by molar-refractivity contribution is 9.10. The largest absolute Gasteiger partial charge is 0.296 e. The summed E-state index contributed by atoms with van der Waals surface area (Å²) in [6.07, 6.45) is -2.59. The van der Waals surface area contributed by atoms with E-state index in [0.29, 0.717) is 0 Å². The van der Waals surface area contributed by atoms with Gasteiger partial charge < -0.3 is 0 Å². The van der Waals surface area contributed by atoms with Crippen LogP contribution in [0, 0.1) is 11.3 Å². The number of pyridine rings is 1. The highest BCUT2D eigenvalue weighted by Crippen LogP contribution is 2.25. The van der Waals surface area contributed by atoms with E-state index in [0.717, 1.165) is 6.07 Å². The standard InChI is InChI=1S/C8H3BrF2N2O/c9-7-4(2-12)1-5(8(10)11)6(3-14)13-7/h1,3,8H. The summed E-state index contributed by atoms with van der Waals surface area (Å²) in [6.45, 7) is 0. The first-order valence-corrected chi connectivity index (χ1v) is 4.23. The molecule has 0 fully saturated rings. The number of carbonyl (C=O) groups excluding carboxylic acids is 1. The van der Waals surface area contributed by atoms with E-state index in [2.05, 4.69) is 20.9 Å². The molecule has 0 atom stereocenters. The number of aldehydes is 1. The van der Waals surface area contributed by atoms with Gasteiger partial charge in [0, 0.05) is 5.56 Å². The lowest BCUT2D eigenvalue weighted by molar-refractivity contribution is 0.110. The first kappa shape index (κ1) is 10.7. The second-order valence-electron chi connectivity index (χ2n) is 2.33. The van der Waals surface area contributed by atoms with Crippen LogP contribution in [-0.4, -0.2) is 11.3 Å². The zero-order valence-electron chi connectivity index (χ0n) is 6.67. The Bertz CT molecular complexity index is 415. The van der Waals surface area contributed by atoms with Gasteiger partial charge in [-0.05, 0) is 22.0 Å². The summed E-state index contributed by atoms with van der Waals surface area (Å²) in [5.41, 5.74) is -0.906. The lowest BCUT2D eigenvalue weighted by Gasteiger charge is -2.04. The van der Waals surface area contributed by atoms with E-state index in [1.165, 1.54) is 0 Å². The molecule has 0 spiro atoms. The van der Waals surface area contributed by atoms with Crippen molar-refractivity contribution in [3.8, 4) is 6.07 Å². The molecule has 6 heteroatoms. The molecular weight excluding hydrogens is 258 g/mol. The van der Waals surface area contributed by atoms with Crippen LogP contribution in [0.1, 0.15) is 28.0 Å². The predicted octanol–water partition coefficient (Wildman–Crippen LogP) is 2.47. The van der Waals surface area contributed by atoms with Gasteiger partial charge in [-0.25, -0.2) is 13.8 Å². The summed E-state index contributed by atoms with van der Waals surface area (Å²) in [7, 11) is 0. The zero-order valence-corrected chi connectivity index (χ0v) is 8.25. The molecule has 0 unspecified atom stereocenters. The minimum Gasteiger partial charge on any atom is -0.296 e. The van der Waals surface area contributed by atoms with Gasteiger partial charge in [0.25, 0.3) is 6.43 Å². The molecule has 0 amide bonds. The van der Waals surface area contributed by atoms with Gasteiger partial charge >= 0.3 is 0 Å². The van der Waals surface area contributed by atoms with Crippen molar-refractivity contribution < 1.29 is 13.6 Å². The van der Waals surface area contributed by atoms with Gasteiger partial charge in [0.15, 0.2) is 6.29 Å². The summed E-state index contributed by atoms with van der Waals surface area (Å²) < 4.78 is 24.8. The maximum absolute atomic E-state index is 12.3. The molecule has 0 aliphatic carbocycles. The average molecular weight is 261 g/mol. The third kappa shape index (κ3) is 1.93. The molecule has 0 bridgehead atoms. The average Bonchev–Trinajstić information content (AvgIpc) is 2.16. The molecule has 0 aromatic carbocycles. The molecule has 1 rings (SSSR count). The maximum atomic E-state index is 12.3. The Hall–Kier alpha value is -1.35. The van der Waals surface area contributed by atoms with Crippen molar-refractivity contribution in [2.75, 3.05) is 0 Å². The van der Waals surface area contributed by atoms with Gasteiger partial charge in [-0.2, -0.15) is 5.26 Å². The van der Waals surface area contributed by atoms with Gasteiger partial charge in [0.1, 0.15) is 16.4 Å². The lowest BCUT2D eigenvalue weighted by atomic mass is 10.1. The molecular formula is C8H3BrF2N2O. The third-order valence-corrected chi connectivity index (χ3v) is 2.11. The summed E-state index contributed by atoms with van der Waals surface area (Å²) in [4.78, 5) is 13.9. The highest BCUT2D eigenvalue weighted by atomic mass is 79.9. The molecule has 1 aromatic rings. The Morgan fingerprint density at radius 1 is 1.64 bits per heavy atom. The predicted molar refractivity (Wildman–Crippen MR) is 47.0 cm³/mol. The van der Waals surface area contributed by atoms with Crippen molar-refractivity contribution in [3.63, 3.8) is 0 Å². The molecule has 0 aliphatic rings. The molecule has 1 heterocycles. The smallest absolute Gasteiger partial charge is 0.266 e. The molecule has 72 valence electrons. The van der Waals surface area contributed by atoms with E-state index in [1.807, 2.05) is 0 Å². The minimum atomic E-state index is -2.82. The number of halogens is 3. The molecule has 0 N–H and O–H groups in total. The first-order chi connectivity index (χ1) is 6.60. The number of hydrogen-bond acceptors (Lipinski definition) is 3. The van der Waals surface area contributed by atoms with Crippen LogP contribution in [0.4, 0.5) is 8.78 Å². The number of nitriles is 1. The summed E-state index contributed by atoms with van der Waals surface area (Å²) >= 11 is 2.89. The molecule has 3 nitrogen and oxygen atoms in total. The summed E-state index contributed by atoms with van der Waals surface area (Å²) in [5.74, 6) is 0. The number of rotatable bonds is 2. The fourth-order valence-corrected chi connectivity index (χ4v) is 1.26. The third-order valence-electron chi connectivity index (χ3n) is 1.50. The van der Waals surface area contributed by atoms with Crippen molar-refractivity contribution in [3.05, 3.63) is 27.5 Å². The van der Waals surface area contributed by atoms with Gasteiger partial charge in [-0.1, -0.05) is 0 Å². The van der Waals surface area contributed by atoms with Crippen LogP contribution >= 0.6 is 15.9 Å². The zero-order chi connectivity index (χ0) is 10.7. The van der Waals surface area contributed by atoms with Crippen molar-refractivity contribution in [2.24, 2.45) is 0 Å². The Kier molecular flexibility index (Phi) is 3.25. The number of carbonyl (C=O) groups is 1. The topological polar surface area (TPSA) is 53.8 Å². The van der Waals surface area contributed by atoms with Gasteiger partial charge in [-0.3, -0.25) is 4.79 Å². The van der Waals surface area contributed by atoms with Crippen LogP contribution in [-0.2, 0) is 0 Å². The van der Waals surface area contributed by atoms with E-state index in [1.54, 1.807) is 6.07 Å². The van der Waals surface area contributed by atoms with Crippen molar-refractivity contribution >= 4 is 22.2 Å². The van der Waals surface area contributed by atoms with E-state index >= 15 is 0 Å². The van der Waals surface area contributed by atoms with Crippen LogP contribution < -0.4 is 0 Å². The monoisotopic (exact) mass is 260 g/mol. The minimum absolute atomic E-state index is 0.0223. The highest BCUT2D eigenvalue weighted by Gasteiger charge is 2.16. The quantitative estimate of drug-likeness (QED) is 0.607. The Morgan fingerprint density at radius 3 is 2.71 bits per heavy atom. The van der Waals surface area contributed by atoms with E-state index in [4.69, 9.17) is 5.26 Å². The van der Waals surface area contributed by atoms with E-state index in [9.17, 15) is 13.6 Å². The van der Waals surface area contributed by atoms with Crippen molar-refractivity contribution in [1.29, 1.82) is 5.26 Å². The normalized spacial score (nSPS) is 9.93. The molecule has 0 saturated heterocycles. The van der Waals surface area contributed by atoms with Crippen LogP contribution in [0.25, 0.3) is 0 Å². The van der Waals surface area contributed by atoms with E-state index in [-0.39, 0.29) is 22.1 Å². The van der Waals surface area contributed by atoms with Gasteiger partial charge in [-0.15, -0.1) is 0 Å². The molecule has 14 heavy (non-hydrogen) atoms. The Balaban J connectivity index is 3.41. The molecule has 0 aliphatic heterocycles. The molecule has 0 radical (unpaired) electrons. The number of nitrogens with zero attached hydrogens (tertiary/aromatic N) is 2. The fourth-order valence-electron chi connectivity index (χ4n) is 0.867. The lowest BCUT2D eigenvalue weighted by Crippen LogP contribution is -1.99. The summed E-state index contributed by atoms with van der Waals surface area (Å²) in [6, 6.07) is 2.63. The second kappa shape index (κ2) is 4.24. The Morgan fingerprint density at radius 2 is 2.29 bits per heavy atom. The van der Waals surface area contributed by atoms with Crippen molar-refractivity contribution in [2.45, 2.75) is 6.43 Å². The maximum Gasteiger partial charge on any atom is 0.266 e. The number of aromatic nitrogens is 1. The SMILES string of the molecule is N#Cc1cc(C(F)F)c(C=O)nc1Br. The van der Waals surface area contributed by atoms with Crippen LogP contribution in [0.15, 0.2) is 10.7 Å². The molecule has 0 saturated carbocycles. The van der Waals surface area contributed by atoms with Crippen molar-refractivity contribution in [1.82, 2.24) is 4.98 Å². The number of alkyl halides is 2. The fraction of sp³-hybridized carbons (Fsp3) is 0.125. The van der Waals surface area contributed by atoms with Crippen LogP contribution in [0.2, 0.25) is 0 Å². The van der Waals surface area contributed by atoms with Gasteiger partial charge in [0.2, 0.25) is 0 Å². The van der Waals surface area contributed by atoms with Gasteiger partial charge in [0.05, 0.1) is 5.56 Å². The first-order valence-electron chi connectivity index (χ1n) is 3.44. The summed E-state index contributed by atoms with van der Waals surface area (Å²) in [5, 5.41) is 8.54. The van der Waals surface area contributed by atoms with Crippen LogP contribution in [0.5, 0.6) is 0 Å². The van der Waals surface area contributed by atoms with Crippen LogP contribution in [0.3, 0.4) is 0 Å². The molecule has 1 aromatic heterocycles. The number of hydrogen-bond donors (Lipinski definition) is 0.